The molecule has 0 saturated carbocycles. The normalized spacial score (nSPS) is 12.2. The molecule has 0 amide bonds. The van der Waals surface area contributed by atoms with Crippen LogP contribution in [0, 0.1) is 0 Å². The first-order valence-corrected chi connectivity index (χ1v) is 38.0. The minimum atomic E-state index is -2.97. The lowest BCUT2D eigenvalue weighted by Gasteiger charge is -2.35. The zero-order chi connectivity index (χ0) is 59.3. The average molecular weight is 1250 g/mol. The molecule has 6 heteroatoms. The van der Waals surface area contributed by atoms with Gasteiger partial charge < -0.3 is 0 Å². The molecule has 0 N–H and O–H groups in total. The molecule has 90 heavy (non-hydrogen) atoms. The van der Waals surface area contributed by atoms with E-state index in [9.17, 15) is 0 Å². The Kier molecular flexibility index (Phi) is 12.8. The summed E-state index contributed by atoms with van der Waals surface area (Å²) in [4.78, 5) is 0. The van der Waals surface area contributed by atoms with Crippen LogP contribution in [0.4, 0.5) is 0 Å². The molecule has 0 aliphatic rings. The number of fused-ring (bicyclic) bond motifs is 12. The summed E-state index contributed by atoms with van der Waals surface area (Å²) >= 11 is 7.73. The highest BCUT2D eigenvalue weighted by molar-refractivity contribution is 7.34. The van der Waals surface area contributed by atoms with Crippen molar-refractivity contribution in [3.05, 3.63) is 328 Å². The first-order valence-electron chi connectivity index (χ1n) is 30.8. The van der Waals surface area contributed by atoms with E-state index in [-0.39, 0.29) is 0 Å². The predicted octanol–water partition coefficient (Wildman–Crippen LogP) is 18.9. The smallest absolute Gasteiger partial charge is 0.135 e. The van der Waals surface area contributed by atoms with Gasteiger partial charge in [0.05, 0.1) is 0 Å². The van der Waals surface area contributed by atoms with Crippen LogP contribution >= 0.6 is 45.3 Å². The van der Waals surface area contributed by atoms with Crippen LogP contribution in [0.15, 0.2) is 328 Å². The van der Waals surface area contributed by atoms with Crippen molar-refractivity contribution < 1.29 is 0 Å². The predicted molar refractivity (Wildman–Crippen MR) is 402 cm³/mol. The van der Waals surface area contributed by atoms with Crippen molar-refractivity contribution in [2.24, 2.45) is 0 Å². The van der Waals surface area contributed by atoms with Crippen molar-refractivity contribution in [2.45, 2.75) is 0 Å². The topological polar surface area (TPSA) is 0 Å². The van der Waals surface area contributed by atoms with Crippen LogP contribution in [0.3, 0.4) is 0 Å². The quantitative estimate of drug-likeness (QED) is 0.0894. The highest BCUT2D eigenvalue weighted by Crippen LogP contribution is 2.44. The maximum Gasteiger partial charge on any atom is 0.182 e. The second kappa shape index (κ2) is 21.6. The van der Waals surface area contributed by atoms with E-state index in [1.54, 1.807) is 0 Å². The molecule has 18 aromatic rings. The van der Waals surface area contributed by atoms with Gasteiger partial charge in [-0.15, -0.1) is 45.3 Å². The summed E-state index contributed by atoms with van der Waals surface area (Å²) < 4.78 is 10.7. The van der Waals surface area contributed by atoms with E-state index >= 15 is 0 Å². The molecule has 0 atom stereocenters. The number of benzene rings is 14. The molecule has 0 saturated heterocycles. The second-order valence-electron chi connectivity index (χ2n) is 23.7. The Balaban J connectivity index is 0.768. The number of hydrogen-bond donors (Lipinski definition) is 0. The molecule has 0 aliphatic heterocycles. The summed E-state index contributed by atoms with van der Waals surface area (Å²) in [5.74, 6) is 0. The molecular weight excluding hydrogens is 1190 g/mol. The molecule has 0 radical (unpaired) electrons. The molecule has 0 spiro atoms. The highest BCUT2D eigenvalue weighted by Gasteiger charge is 2.45. The van der Waals surface area contributed by atoms with E-state index in [2.05, 4.69) is 328 Å². The fraction of sp³-hybridized carbons (Fsp3) is 0. The van der Waals surface area contributed by atoms with E-state index in [4.69, 9.17) is 0 Å². The molecule has 4 aromatic heterocycles. The third kappa shape index (κ3) is 8.26. The number of thiophene rings is 4. The zero-order valence-electron chi connectivity index (χ0n) is 48.8. The van der Waals surface area contributed by atoms with Gasteiger partial charge in [0.15, 0.2) is 16.1 Å². The fourth-order valence-electron chi connectivity index (χ4n) is 15.0. The van der Waals surface area contributed by atoms with E-state index in [1.165, 1.54) is 156 Å². The first-order chi connectivity index (χ1) is 44.6. The largest absolute Gasteiger partial charge is 0.182 e. The Bertz CT molecular complexity index is 5720. The Hall–Kier alpha value is -9.61. The van der Waals surface area contributed by atoms with Crippen LogP contribution in [0.1, 0.15) is 0 Å². The van der Waals surface area contributed by atoms with Crippen LogP contribution in [0.2, 0.25) is 0 Å². The molecule has 18 rings (SSSR count). The standard InChI is InChI=1S/C84H54S4Si2/c1-5-25-59(26-6-1)89(60-27-7-2-8-28-60,63-33-17-23-57(51-63)65-37-19-39-69-67-35-13-15-43-75(67)85-81(65)69)64-34-18-24-58(52-64)66-38-20-40-71-73-53-55(47-49-77(73)86-82(66)71)56-48-50-78-74(54-56)72-42-22-46-80(84(72)88-78)90(61-29-9-3-10-30-61,62-31-11-4-12-32-62)79-45-21-41-70-68-36-14-16-44-76(68)87-83(70)79/h1-54H. The third-order valence-corrected chi connectivity index (χ3v) is 33.8. The van der Waals surface area contributed by atoms with E-state index in [1.807, 2.05) is 45.3 Å². The van der Waals surface area contributed by atoms with E-state index < -0.39 is 16.1 Å². The fourth-order valence-corrected chi connectivity index (χ4v) is 30.6. The van der Waals surface area contributed by atoms with Gasteiger partial charge in [-0.3, -0.25) is 0 Å². The summed E-state index contributed by atoms with van der Waals surface area (Å²) in [6.45, 7) is 0. The van der Waals surface area contributed by atoms with Crippen LogP contribution in [0.5, 0.6) is 0 Å². The molecule has 0 unspecified atom stereocenters. The van der Waals surface area contributed by atoms with Crippen molar-refractivity contribution in [3.8, 4) is 33.4 Å². The van der Waals surface area contributed by atoms with Crippen molar-refractivity contribution in [3.63, 3.8) is 0 Å². The summed E-state index contributed by atoms with van der Waals surface area (Å²) in [5.41, 5.74) is 7.50. The van der Waals surface area contributed by atoms with Crippen LogP contribution in [-0.4, -0.2) is 16.1 Å². The second-order valence-corrected chi connectivity index (χ2v) is 35.4. The molecule has 0 fully saturated rings. The van der Waals surface area contributed by atoms with Crippen molar-refractivity contribution >= 4 is 184 Å². The van der Waals surface area contributed by atoms with Crippen molar-refractivity contribution in [2.75, 3.05) is 0 Å². The Morgan fingerprint density at radius 1 is 0.178 bits per heavy atom. The van der Waals surface area contributed by atoms with Gasteiger partial charge in [-0.1, -0.05) is 291 Å². The lowest BCUT2D eigenvalue weighted by atomic mass is 9.99. The van der Waals surface area contributed by atoms with Crippen molar-refractivity contribution in [1.82, 2.24) is 0 Å². The van der Waals surface area contributed by atoms with Gasteiger partial charge in [-0.05, 0) is 111 Å². The Morgan fingerprint density at radius 3 is 0.933 bits per heavy atom. The molecule has 14 aromatic carbocycles. The molecule has 0 bridgehead atoms. The van der Waals surface area contributed by atoms with Gasteiger partial charge in [0.2, 0.25) is 0 Å². The van der Waals surface area contributed by atoms with Gasteiger partial charge in [-0.25, -0.2) is 0 Å². The lowest BCUT2D eigenvalue weighted by Crippen LogP contribution is -2.74. The van der Waals surface area contributed by atoms with Gasteiger partial charge in [0, 0.05) is 80.7 Å². The van der Waals surface area contributed by atoms with Gasteiger partial charge in [0.25, 0.3) is 0 Å². The minimum Gasteiger partial charge on any atom is -0.135 e. The summed E-state index contributed by atoms with van der Waals surface area (Å²) in [6.07, 6.45) is 0. The summed E-state index contributed by atoms with van der Waals surface area (Å²) in [6, 6.07) is 125. The number of rotatable bonds is 11. The minimum absolute atomic E-state index is 1.23. The monoisotopic (exact) mass is 1250 g/mol. The van der Waals surface area contributed by atoms with Crippen molar-refractivity contribution in [1.29, 1.82) is 0 Å². The summed E-state index contributed by atoms with van der Waals surface area (Å²) in [5, 5.41) is 21.7. The maximum absolute atomic E-state index is 2.97. The average Bonchev–Trinajstić information content (AvgIpc) is 1.23. The zero-order valence-corrected chi connectivity index (χ0v) is 54.1. The van der Waals surface area contributed by atoms with Crippen LogP contribution in [-0.2, 0) is 0 Å². The molecule has 0 aliphatic carbocycles. The molecule has 422 valence electrons. The SMILES string of the molecule is c1ccc([Si](c2ccccc2)(c2cccc(-c3cccc4c3sc3ccccc34)c2)c2cccc(-c3cccc4c3sc3ccc(-c5ccc6sc7c([Si](c8ccccc8)(c8ccccc8)c8cccc9c8sc8ccccc89)cccc7c6c5)cc34)c2)cc1. The molecule has 4 heterocycles. The molecular formula is C84H54S4Si2. The van der Waals surface area contributed by atoms with Crippen LogP contribution in [0.25, 0.3) is 114 Å². The maximum atomic E-state index is 2.54. The molecule has 0 nitrogen and oxygen atoms in total. The first kappa shape index (κ1) is 53.4. The van der Waals surface area contributed by atoms with Crippen LogP contribution < -0.4 is 41.5 Å². The van der Waals surface area contributed by atoms with E-state index in [0.29, 0.717) is 0 Å². The third-order valence-electron chi connectivity index (χ3n) is 19.0. The Labute approximate surface area is 540 Å². The lowest BCUT2D eigenvalue weighted by molar-refractivity contribution is 1.64. The Morgan fingerprint density at radius 2 is 0.489 bits per heavy atom. The van der Waals surface area contributed by atoms with E-state index in [0.717, 1.165) is 0 Å². The number of hydrogen-bond acceptors (Lipinski definition) is 4. The summed E-state index contributed by atoms with van der Waals surface area (Å²) in [7, 11) is -5.94. The van der Waals surface area contributed by atoms with Gasteiger partial charge in [0.1, 0.15) is 0 Å². The van der Waals surface area contributed by atoms with Gasteiger partial charge >= 0.3 is 0 Å². The van der Waals surface area contributed by atoms with Gasteiger partial charge in [-0.2, -0.15) is 0 Å². The highest BCUT2D eigenvalue weighted by atomic mass is 32.1.